The van der Waals surface area contributed by atoms with Gasteiger partial charge in [-0.2, -0.15) is 0 Å². The molecule has 0 aliphatic heterocycles. The first-order valence-electron chi connectivity index (χ1n) is 3.72. The number of aliphatic hydroxyl groups excluding tert-OH is 1. The molecule has 0 heterocycles. The number of aliphatic hydroxyl groups is 1. The van der Waals surface area contributed by atoms with Crippen LogP contribution in [0.5, 0.6) is 0 Å². The minimum atomic E-state index is 0.343. The Morgan fingerprint density at radius 3 is 2.70 bits per heavy atom. The molecule has 60 valence electrons. The molecule has 1 N–H and O–H groups in total. The third-order valence-electron chi connectivity index (χ3n) is 1.29. The summed E-state index contributed by atoms with van der Waals surface area (Å²) in [5.41, 5.74) is 0. The van der Waals surface area contributed by atoms with Gasteiger partial charge >= 0.3 is 0 Å². The highest BCUT2D eigenvalue weighted by Crippen LogP contribution is 2.05. The molecule has 0 rings (SSSR count). The summed E-state index contributed by atoms with van der Waals surface area (Å²) in [6.45, 7) is 2.14. The molecule has 0 aromatic heterocycles. The van der Waals surface area contributed by atoms with Crippen molar-refractivity contribution in [1.82, 2.24) is 0 Å². The van der Waals surface area contributed by atoms with Crippen molar-refractivity contribution in [3.8, 4) is 0 Å². The van der Waals surface area contributed by atoms with Gasteiger partial charge in [0, 0.05) is 6.42 Å². The van der Waals surface area contributed by atoms with Crippen molar-refractivity contribution in [2.24, 2.45) is 0 Å². The Labute approximate surface area is 62.5 Å². The molecule has 0 aromatic carbocycles. The molecule has 2 nitrogen and oxygen atoms in total. The van der Waals surface area contributed by atoms with Gasteiger partial charge in [0.15, 0.2) is 0 Å². The average molecular weight is 144 g/mol. The topological polar surface area (TPSA) is 29.5 Å². The van der Waals surface area contributed by atoms with Gasteiger partial charge in [-0.25, -0.2) is 0 Å². The summed E-state index contributed by atoms with van der Waals surface area (Å²) < 4.78 is 4.62. The first kappa shape index (κ1) is 9.34. The molecule has 0 radical (unpaired) electrons. The molecule has 0 amide bonds. The molecule has 0 saturated carbocycles. The van der Waals surface area contributed by atoms with E-state index < -0.39 is 0 Å². The predicted molar refractivity (Wildman–Crippen MR) is 41.9 cm³/mol. The lowest BCUT2D eigenvalue weighted by atomic mass is 10.2. The number of rotatable bonds is 5. The van der Waals surface area contributed by atoms with Gasteiger partial charge in [-0.05, 0) is 6.42 Å². The van der Waals surface area contributed by atoms with Crippen LogP contribution in [-0.2, 0) is 4.74 Å². The highest BCUT2D eigenvalue weighted by molar-refractivity contribution is 4.83. The molecule has 0 aliphatic rings. The van der Waals surface area contributed by atoms with Crippen molar-refractivity contribution in [2.45, 2.75) is 32.6 Å². The van der Waals surface area contributed by atoms with Crippen LogP contribution in [-0.4, -0.2) is 12.2 Å². The van der Waals surface area contributed by atoms with Gasteiger partial charge in [0.1, 0.15) is 12.0 Å². The van der Waals surface area contributed by atoms with Crippen LogP contribution in [0.1, 0.15) is 32.6 Å². The molecule has 0 aliphatic carbocycles. The molecule has 0 aromatic rings. The summed E-state index contributed by atoms with van der Waals surface area (Å²) in [6, 6.07) is 0. The maximum Gasteiger partial charge on any atom is 0.127 e. The fraction of sp³-hybridized carbons (Fsp3) is 0.750. The van der Waals surface area contributed by atoms with E-state index in [1.807, 2.05) is 0 Å². The van der Waals surface area contributed by atoms with E-state index in [1.54, 1.807) is 0 Å². The van der Waals surface area contributed by atoms with Crippen molar-refractivity contribution in [3.05, 3.63) is 12.0 Å². The highest BCUT2D eigenvalue weighted by Gasteiger charge is 1.91. The molecule has 0 atom stereocenters. The Kier molecular flexibility index (Phi) is 6.03. The van der Waals surface area contributed by atoms with Crippen molar-refractivity contribution in [1.29, 1.82) is 0 Å². The van der Waals surface area contributed by atoms with Crippen LogP contribution in [0, 0.1) is 0 Å². The second-order valence-electron chi connectivity index (χ2n) is 2.30. The molecule has 0 unspecified atom stereocenters. The number of methoxy groups -OCH3 is 1. The smallest absolute Gasteiger partial charge is 0.127 e. The van der Waals surface area contributed by atoms with E-state index in [-0.39, 0.29) is 0 Å². The average Bonchev–Trinajstić information content (AvgIpc) is 1.89. The minimum Gasteiger partial charge on any atom is -0.509 e. The van der Waals surface area contributed by atoms with Gasteiger partial charge in [0.05, 0.1) is 7.11 Å². The molecule has 0 spiro atoms. The van der Waals surface area contributed by atoms with Crippen LogP contribution in [0.25, 0.3) is 0 Å². The molecule has 2 heteroatoms. The van der Waals surface area contributed by atoms with Crippen molar-refractivity contribution < 1.29 is 9.84 Å². The third kappa shape index (κ3) is 5.48. The Morgan fingerprint density at radius 1 is 1.50 bits per heavy atom. The normalized spacial score (nSPS) is 11.6. The van der Waals surface area contributed by atoms with Crippen LogP contribution in [0.15, 0.2) is 12.0 Å². The van der Waals surface area contributed by atoms with E-state index in [2.05, 4.69) is 11.7 Å². The zero-order valence-corrected chi connectivity index (χ0v) is 6.76. The van der Waals surface area contributed by atoms with Gasteiger partial charge in [-0.1, -0.05) is 19.8 Å². The number of hydrogen-bond donors (Lipinski definition) is 1. The van der Waals surface area contributed by atoms with E-state index in [9.17, 15) is 0 Å². The van der Waals surface area contributed by atoms with Gasteiger partial charge in [-0.3, -0.25) is 0 Å². The minimum absolute atomic E-state index is 0.343. The predicted octanol–water partition coefficient (Wildman–Crippen LogP) is 2.61. The summed E-state index contributed by atoms with van der Waals surface area (Å²) in [5, 5.41) is 9.01. The lowest BCUT2D eigenvalue weighted by Crippen LogP contribution is -1.83. The number of allylic oxidation sites excluding steroid dienone is 1. The monoisotopic (exact) mass is 144 g/mol. The number of ether oxygens (including phenoxy) is 1. The molecule has 0 saturated heterocycles. The summed E-state index contributed by atoms with van der Waals surface area (Å²) >= 11 is 0. The highest BCUT2D eigenvalue weighted by atomic mass is 16.5. The van der Waals surface area contributed by atoms with Gasteiger partial charge < -0.3 is 9.84 Å². The fourth-order valence-electron chi connectivity index (χ4n) is 0.751. The van der Waals surface area contributed by atoms with Crippen LogP contribution in [0.3, 0.4) is 0 Å². The second kappa shape index (κ2) is 6.46. The van der Waals surface area contributed by atoms with Crippen molar-refractivity contribution in [2.75, 3.05) is 7.11 Å². The van der Waals surface area contributed by atoms with E-state index in [4.69, 9.17) is 5.11 Å². The van der Waals surface area contributed by atoms with Crippen molar-refractivity contribution in [3.63, 3.8) is 0 Å². The molecule has 0 fully saturated rings. The van der Waals surface area contributed by atoms with Crippen molar-refractivity contribution >= 4 is 0 Å². The first-order chi connectivity index (χ1) is 4.81. The summed E-state index contributed by atoms with van der Waals surface area (Å²) in [6.07, 6.45) is 5.52. The molecule has 10 heavy (non-hydrogen) atoms. The van der Waals surface area contributed by atoms with Gasteiger partial charge in [0.25, 0.3) is 0 Å². The van der Waals surface area contributed by atoms with E-state index in [0.717, 1.165) is 12.8 Å². The number of unbranched alkanes of at least 4 members (excludes halogenated alkanes) is 2. The summed E-state index contributed by atoms with van der Waals surface area (Å²) in [5.74, 6) is 0.343. The van der Waals surface area contributed by atoms with E-state index >= 15 is 0 Å². The Balaban J connectivity index is 3.21. The fourth-order valence-corrected chi connectivity index (χ4v) is 0.751. The first-order valence-corrected chi connectivity index (χ1v) is 3.72. The van der Waals surface area contributed by atoms with Crippen LogP contribution >= 0.6 is 0 Å². The molecule has 0 bridgehead atoms. The quantitative estimate of drug-likeness (QED) is 0.474. The maximum atomic E-state index is 9.01. The SMILES string of the molecule is CCCCCC(O)=COC. The largest absolute Gasteiger partial charge is 0.509 e. The lowest BCUT2D eigenvalue weighted by Gasteiger charge is -1.97. The lowest BCUT2D eigenvalue weighted by molar-refractivity contribution is 0.287. The standard InChI is InChI=1S/C8H16O2/c1-3-4-5-6-8(9)7-10-2/h7,9H,3-6H2,1-2H3. The van der Waals surface area contributed by atoms with Crippen LogP contribution in [0.2, 0.25) is 0 Å². The second-order valence-corrected chi connectivity index (χ2v) is 2.30. The maximum absolute atomic E-state index is 9.01. The summed E-state index contributed by atoms with van der Waals surface area (Å²) in [4.78, 5) is 0. The molecular formula is C8H16O2. The third-order valence-corrected chi connectivity index (χ3v) is 1.29. The van der Waals surface area contributed by atoms with Crippen LogP contribution in [0.4, 0.5) is 0 Å². The molecular weight excluding hydrogens is 128 g/mol. The Bertz CT molecular complexity index is 97.4. The van der Waals surface area contributed by atoms with E-state index in [0.29, 0.717) is 5.76 Å². The number of hydrogen-bond acceptors (Lipinski definition) is 2. The zero-order valence-electron chi connectivity index (χ0n) is 6.76. The summed E-state index contributed by atoms with van der Waals surface area (Å²) in [7, 11) is 1.54. The van der Waals surface area contributed by atoms with Crippen LogP contribution < -0.4 is 0 Å². The zero-order chi connectivity index (χ0) is 7.82. The Morgan fingerprint density at radius 2 is 2.20 bits per heavy atom. The van der Waals surface area contributed by atoms with E-state index in [1.165, 1.54) is 26.2 Å². The Hall–Kier alpha value is -0.660. The van der Waals surface area contributed by atoms with Gasteiger partial charge in [0.2, 0.25) is 0 Å². The van der Waals surface area contributed by atoms with Gasteiger partial charge in [-0.15, -0.1) is 0 Å².